The molecule has 0 radical (unpaired) electrons. The second-order valence-corrected chi connectivity index (χ2v) is 5.76. The molecule has 1 amide bonds. The Morgan fingerprint density at radius 3 is 2.83 bits per heavy atom. The van der Waals surface area contributed by atoms with Crippen LogP contribution in [0.15, 0.2) is 18.2 Å². The van der Waals surface area contributed by atoms with E-state index in [2.05, 4.69) is 5.32 Å². The van der Waals surface area contributed by atoms with E-state index in [1.54, 1.807) is 12.1 Å². The third-order valence-corrected chi connectivity index (χ3v) is 4.23. The van der Waals surface area contributed by atoms with Gasteiger partial charge in [0.2, 0.25) is 0 Å². The monoisotopic (exact) mass is 266 g/mol. The number of nitrogens with one attached hydrogen (secondary N) is 1. The standard InChI is InChI=1S/C13H18N2O2S/c14-11-2-1-10(7-12(11)16)13(17)15-8-9-3-5-18-6-4-9/h1-2,7,9,16H,3-6,8,14H2,(H,15,17). The van der Waals surface area contributed by atoms with Crippen molar-refractivity contribution in [1.82, 2.24) is 5.32 Å². The van der Waals surface area contributed by atoms with Gasteiger partial charge in [-0.1, -0.05) is 0 Å². The van der Waals surface area contributed by atoms with Gasteiger partial charge in [0.1, 0.15) is 5.75 Å². The number of anilines is 1. The molecule has 0 bridgehead atoms. The summed E-state index contributed by atoms with van der Waals surface area (Å²) < 4.78 is 0. The average Bonchev–Trinajstić information content (AvgIpc) is 2.40. The summed E-state index contributed by atoms with van der Waals surface area (Å²) in [7, 11) is 0. The molecule has 0 spiro atoms. The lowest BCUT2D eigenvalue weighted by atomic mass is 10.0. The Hall–Kier alpha value is -1.36. The van der Waals surface area contributed by atoms with Crippen LogP contribution in [0.2, 0.25) is 0 Å². The molecule has 5 heteroatoms. The molecule has 4 N–H and O–H groups in total. The average molecular weight is 266 g/mol. The van der Waals surface area contributed by atoms with E-state index in [-0.39, 0.29) is 17.3 Å². The highest BCUT2D eigenvalue weighted by Gasteiger charge is 2.15. The number of thioether (sulfide) groups is 1. The summed E-state index contributed by atoms with van der Waals surface area (Å²) >= 11 is 1.97. The molecule has 2 rings (SSSR count). The van der Waals surface area contributed by atoms with E-state index in [0.717, 1.165) is 12.8 Å². The molecule has 1 aromatic carbocycles. The zero-order valence-electron chi connectivity index (χ0n) is 10.2. The van der Waals surface area contributed by atoms with E-state index in [9.17, 15) is 9.90 Å². The van der Waals surface area contributed by atoms with E-state index in [0.29, 0.717) is 18.0 Å². The van der Waals surface area contributed by atoms with Gasteiger partial charge in [0.05, 0.1) is 5.69 Å². The van der Waals surface area contributed by atoms with Crippen molar-refractivity contribution in [2.24, 2.45) is 5.92 Å². The van der Waals surface area contributed by atoms with Crippen LogP contribution in [0, 0.1) is 5.92 Å². The van der Waals surface area contributed by atoms with E-state index in [1.807, 2.05) is 11.8 Å². The lowest BCUT2D eigenvalue weighted by molar-refractivity contribution is 0.0946. The maximum absolute atomic E-state index is 11.9. The van der Waals surface area contributed by atoms with E-state index >= 15 is 0 Å². The number of phenols is 1. The van der Waals surface area contributed by atoms with Crippen LogP contribution in [0.25, 0.3) is 0 Å². The summed E-state index contributed by atoms with van der Waals surface area (Å²) in [5.41, 5.74) is 6.23. The molecule has 0 aromatic heterocycles. The topological polar surface area (TPSA) is 75.4 Å². The second-order valence-electron chi connectivity index (χ2n) is 4.54. The molecule has 0 unspecified atom stereocenters. The molecule has 1 heterocycles. The number of hydrogen-bond acceptors (Lipinski definition) is 4. The van der Waals surface area contributed by atoms with Crippen molar-refractivity contribution in [2.45, 2.75) is 12.8 Å². The summed E-state index contributed by atoms with van der Waals surface area (Å²) in [5, 5.41) is 12.4. The maximum atomic E-state index is 11.9. The van der Waals surface area contributed by atoms with Gasteiger partial charge < -0.3 is 16.2 Å². The van der Waals surface area contributed by atoms with Crippen LogP contribution in [-0.4, -0.2) is 29.1 Å². The zero-order valence-corrected chi connectivity index (χ0v) is 11.0. The molecule has 1 aromatic rings. The van der Waals surface area contributed by atoms with Gasteiger partial charge in [-0.15, -0.1) is 0 Å². The highest BCUT2D eigenvalue weighted by atomic mass is 32.2. The minimum atomic E-state index is -0.150. The van der Waals surface area contributed by atoms with Crippen molar-refractivity contribution < 1.29 is 9.90 Å². The van der Waals surface area contributed by atoms with Crippen LogP contribution >= 0.6 is 11.8 Å². The number of carbonyl (C=O) groups excluding carboxylic acids is 1. The van der Waals surface area contributed by atoms with Crippen LogP contribution in [0.4, 0.5) is 5.69 Å². The van der Waals surface area contributed by atoms with Gasteiger partial charge in [-0.2, -0.15) is 11.8 Å². The fraction of sp³-hybridized carbons (Fsp3) is 0.462. The van der Waals surface area contributed by atoms with E-state index in [4.69, 9.17) is 5.73 Å². The number of aromatic hydroxyl groups is 1. The summed E-state index contributed by atoms with van der Waals surface area (Å²) in [6, 6.07) is 4.57. The largest absolute Gasteiger partial charge is 0.506 e. The molecule has 4 nitrogen and oxygen atoms in total. The molecule has 0 atom stereocenters. The predicted octanol–water partition coefficient (Wildman–Crippen LogP) is 1.85. The summed E-state index contributed by atoms with van der Waals surface area (Å²) in [4.78, 5) is 11.9. The normalized spacial score (nSPS) is 16.4. The third-order valence-electron chi connectivity index (χ3n) is 3.18. The summed E-state index contributed by atoms with van der Waals surface area (Å²) in [6.07, 6.45) is 2.33. The minimum Gasteiger partial charge on any atom is -0.506 e. The quantitative estimate of drug-likeness (QED) is 0.576. The first-order valence-electron chi connectivity index (χ1n) is 6.11. The molecule has 1 saturated heterocycles. The van der Waals surface area contributed by atoms with Crippen molar-refractivity contribution in [3.63, 3.8) is 0 Å². The Balaban J connectivity index is 1.88. The fourth-order valence-corrected chi connectivity index (χ4v) is 3.18. The number of amides is 1. The van der Waals surface area contributed by atoms with Crippen LogP contribution in [0.5, 0.6) is 5.75 Å². The Morgan fingerprint density at radius 1 is 1.44 bits per heavy atom. The van der Waals surface area contributed by atoms with Gasteiger partial charge in [0.25, 0.3) is 5.91 Å². The molecule has 18 heavy (non-hydrogen) atoms. The number of rotatable bonds is 3. The number of phenolic OH excluding ortho intramolecular Hbond substituents is 1. The lowest BCUT2D eigenvalue weighted by Gasteiger charge is -2.21. The maximum Gasteiger partial charge on any atom is 0.251 e. The molecule has 98 valence electrons. The Morgan fingerprint density at radius 2 is 2.17 bits per heavy atom. The Labute approximate surface area is 111 Å². The fourth-order valence-electron chi connectivity index (χ4n) is 1.97. The van der Waals surface area contributed by atoms with Gasteiger partial charge >= 0.3 is 0 Å². The van der Waals surface area contributed by atoms with Crippen LogP contribution in [0.1, 0.15) is 23.2 Å². The van der Waals surface area contributed by atoms with Crippen LogP contribution < -0.4 is 11.1 Å². The van der Waals surface area contributed by atoms with Gasteiger partial charge in [-0.3, -0.25) is 4.79 Å². The number of hydrogen-bond donors (Lipinski definition) is 3. The lowest BCUT2D eigenvalue weighted by Crippen LogP contribution is -2.30. The number of carbonyl (C=O) groups is 1. The first-order valence-corrected chi connectivity index (χ1v) is 7.26. The van der Waals surface area contributed by atoms with Crippen LogP contribution in [-0.2, 0) is 0 Å². The molecule has 0 aliphatic carbocycles. The zero-order chi connectivity index (χ0) is 13.0. The highest BCUT2D eigenvalue weighted by Crippen LogP contribution is 2.23. The number of benzene rings is 1. The van der Waals surface area contributed by atoms with Crippen molar-refractivity contribution in [1.29, 1.82) is 0 Å². The predicted molar refractivity (Wildman–Crippen MR) is 74.9 cm³/mol. The van der Waals surface area contributed by atoms with Crippen LogP contribution in [0.3, 0.4) is 0 Å². The van der Waals surface area contributed by atoms with Crippen molar-refractivity contribution in [3.05, 3.63) is 23.8 Å². The Kier molecular flexibility index (Phi) is 4.36. The second kappa shape index (κ2) is 6.00. The number of nitrogens with two attached hydrogens (primary N) is 1. The smallest absolute Gasteiger partial charge is 0.251 e. The van der Waals surface area contributed by atoms with Gasteiger partial charge in [0, 0.05) is 12.1 Å². The van der Waals surface area contributed by atoms with Gasteiger partial charge in [-0.05, 0) is 48.5 Å². The van der Waals surface area contributed by atoms with E-state index in [1.165, 1.54) is 17.6 Å². The van der Waals surface area contributed by atoms with E-state index < -0.39 is 0 Å². The summed E-state index contributed by atoms with van der Waals surface area (Å²) in [6.45, 7) is 0.713. The molecular weight excluding hydrogens is 248 g/mol. The van der Waals surface area contributed by atoms with Gasteiger partial charge in [-0.25, -0.2) is 0 Å². The first-order chi connectivity index (χ1) is 8.66. The number of nitrogen functional groups attached to an aromatic ring is 1. The molecule has 0 saturated carbocycles. The molecule has 1 aliphatic rings. The summed E-state index contributed by atoms with van der Waals surface area (Å²) in [5.74, 6) is 2.75. The molecule has 1 fully saturated rings. The van der Waals surface area contributed by atoms with Gasteiger partial charge in [0.15, 0.2) is 0 Å². The highest BCUT2D eigenvalue weighted by molar-refractivity contribution is 7.99. The third kappa shape index (κ3) is 3.32. The minimum absolute atomic E-state index is 0.0447. The molecular formula is C13H18N2O2S. The van der Waals surface area contributed by atoms with Crippen molar-refractivity contribution in [3.8, 4) is 5.75 Å². The van der Waals surface area contributed by atoms with Crippen molar-refractivity contribution in [2.75, 3.05) is 23.8 Å². The molecule has 1 aliphatic heterocycles. The van der Waals surface area contributed by atoms with Crippen molar-refractivity contribution >= 4 is 23.4 Å². The Bertz CT molecular complexity index is 431. The SMILES string of the molecule is Nc1ccc(C(=O)NCC2CCSCC2)cc1O. The first kappa shape index (κ1) is 13.1.